The van der Waals surface area contributed by atoms with Crippen molar-refractivity contribution in [2.24, 2.45) is 11.3 Å². The molecule has 3 aliphatic carbocycles. The van der Waals surface area contributed by atoms with Gasteiger partial charge in [0.15, 0.2) is 0 Å². The lowest BCUT2D eigenvalue weighted by Crippen LogP contribution is -2.17. The number of methoxy groups -OCH3 is 1. The van der Waals surface area contributed by atoms with Gasteiger partial charge >= 0.3 is 5.97 Å². The molecular weight excluding hydrogens is 505 g/mol. The van der Waals surface area contributed by atoms with Crippen molar-refractivity contribution in [2.45, 2.75) is 77.2 Å². The van der Waals surface area contributed by atoms with Crippen LogP contribution in [0, 0.1) is 17.2 Å². The number of aryl methyl sites for hydroxylation is 1. The fourth-order valence-electron chi connectivity index (χ4n) is 7.29. The van der Waals surface area contributed by atoms with Crippen LogP contribution in [0.5, 0.6) is 11.6 Å². The van der Waals surface area contributed by atoms with Crippen molar-refractivity contribution in [2.75, 3.05) is 13.7 Å². The van der Waals surface area contributed by atoms with E-state index in [1.165, 1.54) is 17.3 Å². The highest BCUT2D eigenvalue weighted by Crippen LogP contribution is 2.62. The molecule has 40 heavy (non-hydrogen) atoms. The van der Waals surface area contributed by atoms with Crippen LogP contribution in [0.3, 0.4) is 0 Å². The van der Waals surface area contributed by atoms with Crippen LogP contribution in [-0.4, -0.2) is 24.7 Å². The zero-order valence-corrected chi connectivity index (χ0v) is 23.9. The van der Waals surface area contributed by atoms with Gasteiger partial charge in [-0.1, -0.05) is 44.5 Å². The van der Waals surface area contributed by atoms with E-state index in [0.29, 0.717) is 30.6 Å². The normalized spacial score (nSPS) is 24.1. The van der Waals surface area contributed by atoms with Crippen LogP contribution in [0.25, 0.3) is 11.1 Å². The molecular formula is C34H38FNO4. The Morgan fingerprint density at radius 3 is 2.70 bits per heavy atom. The van der Waals surface area contributed by atoms with E-state index >= 15 is 4.39 Å². The van der Waals surface area contributed by atoms with Crippen molar-refractivity contribution >= 4 is 5.97 Å². The minimum Gasteiger partial charge on any atom is -0.489 e. The first-order valence-corrected chi connectivity index (χ1v) is 14.5. The van der Waals surface area contributed by atoms with E-state index in [1.54, 1.807) is 13.2 Å². The number of aromatic nitrogens is 1. The van der Waals surface area contributed by atoms with Gasteiger partial charge in [-0.2, -0.15) is 0 Å². The summed E-state index contributed by atoms with van der Waals surface area (Å²) >= 11 is 0. The minimum atomic E-state index is -0.352. The van der Waals surface area contributed by atoms with Crippen molar-refractivity contribution in [1.29, 1.82) is 0 Å². The molecule has 0 unspecified atom stereocenters. The van der Waals surface area contributed by atoms with E-state index in [4.69, 9.17) is 14.2 Å². The molecule has 3 aromatic rings. The summed E-state index contributed by atoms with van der Waals surface area (Å²) in [5.74, 6) is 1.06. The summed E-state index contributed by atoms with van der Waals surface area (Å²) in [6, 6.07) is 14.3. The van der Waals surface area contributed by atoms with Crippen LogP contribution < -0.4 is 9.47 Å². The monoisotopic (exact) mass is 543 g/mol. The van der Waals surface area contributed by atoms with Gasteiger partial charge in [0.25, 0.3) is 0 Å². The lowest BCUT2D eigenvalue weighted by Gasteiger charge is -2.30. The molecule has 210 valence electrons. The fourth-order valence-corrected chi connectivity index (χ4v) is 7.29. The largest absolute Gasteiger partial charge is 0.489 e. The lowest BCUT2D eigenvalue weighted by molar-refractivity contribution is -0.145. The summed E-state index contributed by atoms with van der Waals surface area (Å²) in [6.45, 7) is 7.31. The van der Waals surface area contributed by atoms with Gasteiger partial charge in [0, 0.05) is 17.0 Å². The number of nitrogens with zero attached hydrogens (tertiary/aromatic N) is 1. The molecule has 1 heterocycles. The third-order valence-electron chi connectivity index (χ3n) is 9.59. The summed E-state index contributed by atoms with van der Waals surface area (Å²) in [6.07, 6.45) is 7.45. The first-order chi connectivity index (χ1) is 19.3. The number of pyridine rings is 1. The molecule has 2 saturated carbocycles. The Balaban J connectivity index is 1.28. The van der Waals surface area contributed by atoms with Gasteiger partial charge in [0.1, 0.15) is 18.2 Å². The van der Waals surface area contributed by atoms with Crippen molar-refractivity contribution in [1.82, 2.24) is 4.98 Å². The third-order valence-corrected chi connectivity index (χ3v) is 9.59. The third kappa shape index (κ3) is 4.65. The molecule has 0 amide bonds. The second-order valence-electron chi connectivity index (χ2n) is 12.3. The van der Waals surface area contributed by atoms with Crippen LogP contribution in [0.15, 0.2) is 48.7 Å². The number of carbonyl (C=O) groups is 1. The summed E-state index contributed by atoms with van der Waals surface area (Å²) in [5, 5.41) is 0. The Morgan fingerprint density at radius 2 is 1.95 bits per heavy atom. The molecule has 0 saturated heterocycles. The molecule has 3 atom stereocenters. The zero-order chi connectivity index (χ0) is 28.1. The smallest absolute Gasteiger partial charge is 0.309 e. The molecule has 0 N–H and O–H groups in total. The van der Waals surface area contributed by atoms with Crippen molar-refractivity contribution in [3.05, 3.63) is 76.7 Å². The molecule has 2 fully saturated rings. The van der Waals surface area contributed by atoms with Crippen LogP contribution >= 0.6 is 0 Å². The molecule has 5 nitrogen and oxygen atoms in total. The average Bonchev–Trinajstić information content (AvgIpc) is 3.43. The molecule has 3 aliphatic rings. The summed E-state index contributed by atoms with van der Waals surface area (Å²) in [5.41, 5.74) is 6.20. The van der Waals surface area contributed by atoms with Crippen molar-refractivity contribution < 1.29 is 23.4 Å². The molecule has 1 spiro atoms. The first kappa shape index (κ1) is 26.8. The summed E-state index contributed by atoms with van der Waals surface area (Å²) < 4.78 is 32.0. The van der Waals surface area contributed by atoms with Crippen LogP contribution in [-0.2, 0) is 28.0 Å². The Morgan fingerprint density at radius 1 is 1.10 bits per heavy atom. The molecule has 0 radical (unpaired) electrons. The summed E-state index contributed by atoms with van der Waals surface area (Å²) in [4.78, 5) is 16.5. The topological polar surface area (TPSA) is 57.7 Å². The van der Waals surface area contributed by atoms with Gasteiger partial charge in [-0.25, -0.2) is 9.37 Å². The number of hydrogen-bond acceptors (Lipinski definition) is 5. The van der Waals surface area contributed by atoms with Gasteiger partial charge in [0.2, 0.25) is 5.88 Å². The van der Waals surface area contributed by atoms with Gasteiger partial charge in [-0.3, -0.25) is 4.79 Å². The summed E-state index contributed by atoms with van der Waals surface area (Å²) in [7, 11) is 1.55. The van der Waals surface area contributed by atoms with Crippen LogP contribution in [0.2, 0.25) is 0 Å². The number of esters is 1. The van der Waals surface area contributed by atoms with E-state index in [2.05, 4.69) is 37.0 Å². The van der Waals surface area contributed by atoms with Crippen LogP contribution in [0.1, 0.15) is 81.0 Å². The second kappa shape index (κ2) is 10.2. The highest BCUT2D eigenvalue weighted by atomic mass is 19.1. The van der Waals surface area contributed by atoms with E-state index in [1.807, 2.05) is 25.1 Å². The number of rotatable bonds is 8. The Bertz CT molecular complexity index is 1450. The Hall–Kier alpha value is -3.41. The van der Waals surface area contributed by atoms with E-state index in [9.17, 15) is 4.79 Å². The quantitative estimate of drug-likeness (QED) is 0.275. The van der Waals surface area contributed by atoms with Crippen LogP contribution in [0.4, 0.5) is 4.39 Å². The van der Waals surface area contributed by atoms with Gasteiger partial charge < -0.3 is 14.2 Å². The standard InChI is InChI=1S/C34H38FNO4/c1-5-39-32(37)29-18-34(29)14-12-22-9-10-23(16-28(22)34)40-20-21-8-11-24(26-17-31(38-4)36-19-30(26)35)25(15-21)27-7-6-13-33(27,2)3/h8-11,15-17,19,27,29H,5-7,12-14,18,20H2,1-4H3/t27-,29-,34-/m0/s1. The first-order valence-electron chi connectivity index (χ1n) is 14.5. The number of halogens is 1. The predicted molar refractivity (Wildman–Crippen MR) is 152 cm³/mol. The number of ether oxygens (including phenoxy) is 3. The fraction of sp³-hybridized carbons (Fsp3) is 0.471. The molecule has 2 aromatic carbocycles. The molecule has 6 rings (SSSR count). The van der Waals surface area contributed by atoms with Crippen molar-refractivity contribution in [3.8, 4) is 22.8 Å². The second-order valence-corrected chi connectivity index (χ2v) is 12.3. The average molecular weight is 544 g/mol. The predicted octanol–water partition coefficient (Wildman–Crippen LogP) is 7.54. The lowest BCUT2D eigenvalue weighted by atomic mass is 9.75. The highest BCUT2D eigenvalue weighted by Gasteiger charge is 2.62. The minimum absolute atomic E-state index is 0.0407. The molecule has 6 heteroatoms. The molecule has 0 bridgehead atoms. The number of hydrogen-bond donors (Lipinski definition) is 0. The van der Waals surface area contributed by atoms with Gasteiger partial charge in [-0.05, 0) is 90.3 Å². The van der Waals surface area contributed by atoms with Gasteiger partial charge in [-0.15, -0.1) is 0 Å². The highest BCUT2D eigenvalue weighted by molar-refractivity contribution is 5.80. The van der Waals surface area contributed by atoms with E-state index < -0.39 is 0 Å². The maximum Gasteiger partial charge on any atom is 0.309 e. The van der Waals surface area contributed by atoms with Crippen molar-refractivity contribution in [3.63, 3.8) is 0 Å². The zero-order valence-electron chi connectivity index (χ0n) is 23.9. The number of benzene rings is 2. The Labute approximate surface area is 236 Å². The molecule has 0 aliphatic heterocycles. The SMILES string of the molecule is CCOC(=O)[C@@H]1C[C@]12CCc1ccc(OCc3ccc(-c4cc(OC)ncc4F)c([C@@H]4CCCC4(C)C)c3)cc12. The Kier molecular flexibility index (Phi) is 6.84. The number of fused-ring (bicyclic) bond motifs is 2. The number of carbonyl (C=O) groups excluding carboxylic acids is 1. The molecule has 1 aromatic heterocycles. The van der Waals surface area contributed by atoms with E-state index in [-0.39, 0.29) is 28.5 Å². The maximum atomic E-state index is 15.0. The van der Waals surface area contributed by atoms with E-state index in [0.717, 1.165) is 61.0 Å². The van der Waals surface area contributed by atoms with Gasteiger partial charge in [0.05, 0.1) is 25.8 Å². The maximum absolute atomic E-state index is 15.0.